The molecule has 0 spiro atoms. The van der Waals surface area contributed by atoms with Gasteiger partial charge in [0.15, 0.2) is 0 Å². The van der Waals surface area contributed by atoms with Crippen LogP contribution in [0.4, 0.5) is 0 Å². The number of nitrogens with two attached hydrogens (primary N) is 1. The monoisotopic (exact) mass is 284 g/mol. The Bertz CT molecular complexity index is 541. The van der Waals surface area contributed by atoms with Crippen LogP contribution in [0.3, 0.4) is 0 Å². The summed E-state index contributed by atoms with van der Waals surface area (Å²) in [4.78, 5) is 0.244. The van der Waals surface area contributed by atoms with Crippen molar-refractivity contribution in [2.45, 2.75) is 23.8 Å². The first-order valence-electron chi connectivity index (χ1n) is 6.33. The number of rotatable bonds is 6. The van der Waals surface area contributed by atoms with Gasteiger partial charge in [-0.05, 0) is 30.9 Å². The molecule has 0 heterocycles. The molecule has 1 fully saturated rings. The van der Waals surface area contributed by atoms with Crippen LogP contribution >= 0.6 is 0 Å². The molecule has 6 heteroatoms. The summed E-state index contributed by atoms with van der Waals surface area (Å²) in [5.74, 6) is 0.931. The van der Waals surface area contributed by atoms with Gasteiger partial charge in [-0.15, -0.1) is 0 Å². The van der Waals surface area contributed by atoms with Gasteiger partial charge >= 0.3 is 0 Å². The molecule has 2 rings (SSSR count). The lowest BCUT2D eigenvalue weighted by atomic mass is 10.2. The van der Waals surface area contributed by atoms with Crippen LogP contribution in [0.15, 0.2) is 29.2 Å². The first-order chi connectivity index (χ1) is 9.00. The molecule has 1 saturated carbocycles. The van der Waals surface area contributed by atoms with E-state index in [4.69, 9.17) is 10.5 Å². The third-order valence-corrected chi connectivity index (χ3v) is 5.47. The second-order valence-corrected chi connectivity index (χ2v) is 6.84. The Balaban J connectivity index is 2.29. The van der Waals surface area contributed by atoms with E-state index in [0.717, 1.165) is 12.8 Å². The third-order valence-electron chi connectivity index (χ3n) is 3.59. The van der Waals surface area contributed by atoms with E-state index in [-0.39, 0.29) is 10.9 Å². The maximum absolute atomic E-state index is 12.5. The van der Waals surface area contributed by atoms with E-state index in [0.29, 0.717) is 18.2 Å². The van der Waals surface area contributed by atoms with Crippen molar-refractivity contribution in [2.24, 2.45) is 11.7 Å². The highest BCUT2D eigenvalue weighted by Crippen LogP contribution is 2.36. The van der Waals surface area contributed by atoms with Gasteiger partial charge in [0, 0.05) is 25.7 Å². The average Bonchev–Trinajstić information content (AvgIpc) is 3.24. The van der Waals surface area contributed by atoms with E-state index >= 15 is 0 Å². The molecule has 1 aliphatic carbocycles. The highest BCUT2D eigenvalue weighted by molar-refractivity contribution is 7.89. The Labute approximate surface area is 114 Å². The minimum Gasteiger partial charge on any atom is -0.497 e. The van der Waals surface area contributed by atoms with Crippen molar-refractivity contribution < 1.29 is 13.2 Å². The first-order valence-corrected chi connectivity index (χ1v) is 7.77. The Morgan fingerprint density at radius 3 is 2.68 bits per heavy atom. The van der Waals surface area contributed by atoms with Crippen molar-refractivity contribution in [1.82, 2.24) is 4.31 Å². The molecule has 1 unspecified atom stereocenters. The van der Waals surface area contributed by atoms with Crippen molar-refractivity contribution in [3.05, 3.63) is 24.3 Å². The molecule has 0 bridgehead atoms. The summed E-state index contributed by atoms with van der Waals surface area (Å²) in [5, 5.41) is 0. The molecule has 0 aliphatic heterocycles. The standard InChI is InChI=1S/C13H20N2O3S/c1-15(13(9-14)10-6-7-10)19(16,17)12-5-3-4-11(8-12)18-2/h3-5,8,10,13H,6-7,9,14H2,1-2H3. The predicted molar refractivity (Wildman–Crippen MR) is 73.5 cm³/mol. The van der Waals surface area contributed by atoms with E-state index in [1.54, 1.807) is 25.2 Å². The summed E-state index contributed by atoms with van der Waals surface area (Å²) in [5.41, 5.74) is 5.71. The number of hydrogen-bond acceptors (Lipinski definition) is 4. The van der Waals surface area contributed by atoms with E-state index in [9.17, 15) is 8.42 Å². The van der Waals surface area contributed by atoms with Gasteiger partial charge in [-0.2, -0.15) is 4.31 Å². The van der Waals surface area contributed by atoms with Gasteiger partial charge in [0.05, 0.1) is 12.0 Å². The third kappa shape index (κ3) is 2.91. The van der Waals surface area contributed by atoms with Crippen molar-refractivity contribution in [3.63, 3.8) is 0 Å². The molecule has 106 valence electrons. The first kappa shape index (κ1) is 14.3. The summed E-state index contributed by atoms with van der Waals surface area (Å²) in [6.07, 6.45) is 2.11. The zero-order valence-electron chi connectivity index (χ0n) is 11.2. The van der Waals surface area contributed by atoms with Crippen LogP contribution in [0.5, 0.6) is 5.75 Å². The molecule has 19 heavy (non-hydrogen) atoms. The number of ether oxygens (including phenoxy) is 1. The fourth-order valence-electron chi connectivity index (χ4n) is 2.22. The highest BCUT2D eigenvalue weighted by atomic mass is 32.2. The molecule has 0 radical (unpaired) electrons. The Morgan fingerprint density at radius 2 is 2.16 bits per heavy atom. The van der Waals surface area contributed by atoms with Gasteiger partial charge in [0.25, 0.3) is 0 Å². The van der Waals surface area contributed by atoms with Gasteiger partial charge in [-0.3, -0.25) is 0 Å². The maximum atomic E-state index is 12.5. The molecule has 1 aromatic carbocycles. The quantitative estimate of drug-likeness (QED) is 0.847. The molecular weight excluding hydrogens is 264 g/mol. The van der Waals surface area contributed by atoms with Crippen molar-refractivity contribution >= 4 is 10.0 Å². The van der Waals surface area contributed by atoms with Gasteiger partial charge in [-0.1, -0.05) is 6.07 Å². The van der Waals surface area contributed by atoms with Gasteiger partial charge in [-0.25, -0.2) is 8.42 Å². The number of benzene rings is 1. The molecule has 2 N–H and O–H groups in total. The van der Waals surface area contributed by atoms with Crippen molar-refractivity contribution in [2.75, 3.05) is 20.7 Å². The smallest absolute Gasteiger partial charge is 0.243 e. The normalized spacial score (nSPS) is 17.5. The molecule has 0 saturated heterocycles. The minimum atomic E-state index is -3.51. The Hall–Kier alpha value is -1.11. The lowest BCUT2D eigenvalue weighted by molar-refractivity contribution is 0.340. The number of sulfonamides is 1. The lowest BCUT2D eigenvalue weighted by Gasteiger charge is -2.26. The van der Waals surface area contributed by atoms with Crippen LogP contribution in [-0.4, -0.2) is 39.5 Å². The molecule has 5 nitrogen and oxygen atoms in total. The van der Waals surface area contributed by atoms with E-state index in [1.165, 1.54) is 17.5 Å². The fourth-order valence-corrected chi connectivity index (χ4v) is 3.69. The number of nitrogens with zero attached hydrogens (tertiary/aromatic N) is 1. The van der Waals surface area contributed by atoms with E-state index in [2.05, 4.69) is 0 Å². The van der Waals surface area contributed by atoms with Crippen LogP contribution in [-0.2, 0) is 10.0 Å². The fraction of sp³-hybridized carbons (Fsp3) is 0.538. The van der Waals surface area contributed by atoms with Crippen LogP contribution in [0.2, 0.25) is 0 Å². The maximum Gasteiger partial charge on any atom is 0.243 e. The van der Waals surface area contributed by atoms with Gasteiger partial charge < -0.3 is 10.5 Å². The highest BCUT2D eigenvalue weighted by Gasteiger charge is 2.38. The summed E-state index contributed by atoms with van der Waals surface area (Å²) in [6.45, 7) is 0.352. The molecular formula is C13H20N2O3S. The molecule has 0 amide bonds. The minimum absolute atomic E-state index is 0.115. The SMILES string of the molecule is COc1cccc(S(=O)(=O)N(C)C(CN)C2CC2)c1. The van der Waals surface area contributed by atoms with Crippen LogP contribution in [0.25, 0.3) is 0 Å². The van der Waals surface area contributed by atoms with Crippen molar-refractivity contribution in [1.29, 1.82) is 0 Å². The molecule has 0 aromatic heterocycles. The zero-order valence-corrected chi connectivity index (χ0v) is 12.1. The second-order valence-electron chi connectivity index (χ2n) is 4.84. The number of methoxy groups -OCH3 is 1. The van der Waals surface area contributed by atoms with Crippen LogP contribution < -0.4 is 10.5 Å². The van der Waals surface area contributed by atoms with Gasteiger partial charge in [0.2, 0.25) is 10.0 Å². The zero-order chi connectivity index (χ0) is 14.0. The predicted octanol–water partition coefficient (Wildman–Crippen LogP) is 1.05. The average molecular weight is 284 g/mol. The summed E-state index contributed by atoms with van der Waals surface area (Å²) < 4.78 is 31.6. The van der Waals surface area contributed by atoms with Crippen LogP contribution in [0.1, 0.15) is 12.8 Å². The van der Waals surface area contributed by atoms with E-state index in [1.807, 2.05) is 0 Å². The Kier molecular flexibility index (Phi) is 4.13. The lowest BCUT2D eigenvalue weighted by Crippen LogP contribution is -2.43. The largest absolute Gasteiger partial charge is 0.497 e. The summed E-state index contributed by atoms with van der Waals surface area (Å²) in [7, 11) is -0.397. The topological polar surface area (TPSA) is 72.6 Å². The summed E-state index contributed by atoms with van der Waals surface area (Å²) in [6, 6.07) is 6.39. The van der Waals surface area contributed by atoms with E-state index < -0.39 is 10.0 Å². The van der Waals surface area contributed by atoms with Crippen molar-refractivity contribution in [3.8, 4) is 5.75 Å². The Morgan fingerprint density at radius 1 is 1.47 bits per heavy atom. The molecule has 1 aliphatic rings. The second kappa shape index (κ2) is 5.48. The number of likely N-dealkylation sites (N-methyl/N-ethyl adjacent to an activating group) is 1. The van der Waals surface area contributed by atoms with Crippen LogP contribution in [0, 0.1) is 5.92 Å². The molecule has 1 aromatic rings. The number of hydrogen-bond donors (Lipinski definition) is 1. The van der Waals surface area contributed by atoms with Gasteiger partial charge in [0.1, 0.15) is 5.75 Å². The molecule has 1 atom stereocenters. The summed E-state index contributed by atoms with van der Waals surface area (Å²) >= 11 is 0.